The molecular weight excluding hydrogens is 300 g/mol. The van der Waals surface area contributed by atoms with Gasteiger partial charge in [0.05, 0.1) is 12.6 Å². The van der Waals surface area contributed by atoms with E-state index in [2.05, 4.69) is 25.8 Å². The molecule has 3 heterocycles. The number of hydrogen-bond donors (Lipinski definition) is 2. The molecule has 0 radical (unpaired) electrons. The van der Waals surface area contributed by atoms with E-state index in [0.29, 0.717) is 10.7 Å². The molecule has 0 aromatic carbocycles. The molecule has 6 nitrogen and oxygen atoms in total. The van der Waals surface area contributed by atoms with Crippen LogP contribution in [0.3, 0.4) is 0 Å². The van der Waals surface area contributed by atoms with Crippen LogP contribution in [-0.2, 0) is 4.79 Å². The Morgan fingerprint density at radius 2 is 2.29 bits per heavy atom. The molecular formula is C12H11F2N5OS. The van der Waals surface area contributed by atoms with Gasteiger partial charge in [-0.2, -0.15) is 0 Å². The average Bonchev–Trinajstić information content (AvgIpc) is 3.06. The number of nitrogens with zero attached hydrogens (tertiary/aromatic N) is 3. The first kappa shape index (κ1) is 14.0. The van der Waals surface area contributed by atoms with Crippen LogP contribution < -0.4 is 10.6 Å². The number of nitrogens with one attached hydrogen (secondary N) is 2. The number of hydrogen-bond acceptors (Lipinski definition) is 6. The van der Waals surface area contributed by atoms with Gasteiger partial charge in [0.2, 0.25) is 11.0 Å². The Bertz CT molecular complexity index is 648. The van der Waals surface area contributed by atoms with Gasteiger partial charge in [-0.25, -0.2) is 8.78 Å². The Kier molecular flexibility index (Phi) is 3.60. The Morgan fingerprint density at radius 3 is 2.95 bits per heavy atom. The summed E-state index contributed by atoms with van der Waals surface area (Å²) in [6, 6.07) is 4.44. The molecule has 2 N–H and O–H groups in total. The van der Waals surface area contributed by atoms with E-state index in [-0.39, 0.29) is 5.13 Å². The molecule has 1 aliphatic heterocycles. The maximum absolute atomic E-state index is 13.0. The molecule has 1 atom stereocenters. The van der Waals surface area contributed by atoms with Crippen molar-refractivity contribution in [2.45, 2.75) is 18.4 Å². The lowest BCUT2D eigenvalue weighted by Gasteiger charge is -2.08. The lowest BCUT2D eigenvalue weighted by atomic mass is 10.2. The minimum Gasteiger partial charge on any atom is -0.300 e. The predicted molar refractivity (Wildman–Crippen MR) is 73.1 cm³/mol. The van der Waals surface area contributed by atoms with E-state index in [1.165, 1.54) is 0 Å². The zero-order chi connectivity index (χ0) is 14.9. The third-order valence-electron chi connectivity index (χ3n) is 2.97. The SMILES string of the molecule is O=C(Nc1nnc(-c2ccccn2)s1)C1CC(F)(F)CN1. The van der Waals surface area contributed by atoms with Crippen molar-refractivity contribution in [3.05, 3.63) is 24.4 Å². The fourth-order valence-corrected chi connectivity index (χ4v) is 2.68. The second-order valence-electron chi connectivity index (χ2n) is 4.61. The van der Waals surface area contributed by atoms with E-state index < -0.39 is 30.8 Å². The zero-order valence-corrected chi connectivity index (χ0v) is 11.5. The molecule has 1 unspecified atom stereocenters. The smallest absolute Gasteiger partial charge is 0.262 e. The van der Waals surface area contributed by atoms with Gasteiger partial charge in [-0.1, -0.05) is 17.4 Å². The van der Waals surface area contributed by atoms with Crippen molar-refractivity contribution < 1.29 is 13.6 Å². The highest BCUT2D eigenvalue weighted by molar-refractivity contribution is 7.18. The highest BCUT2D eigenvalue weighted by Crippen LogP contribution is 2.27. The first-order chi connectivity index (χ1) is 10.0. The minimum absolute atomic E-state index is 0.262. The summed E-state index contributed by atoms with van der Waals surface area (Å²) in [5.41, 5.74) is 0.640. The summed E-state index contributed by atoms with van der Waals surface area (Å²) in [4.78, 5) is 16.0. The van der Waals surface area contributed by atoms with E-state index in [1.807, 2.05) is 6.07 Å². The Morgan fingerprint density at radius 1 is 1.43 bits per heavy atom. The molecule has 1 amide bonds. The number of rotatable bonds is 3. The number of aromatic nitrogens is 3. The molecule has 21 heavy (non-hydrogen) atoms. The number of carbonyl (C=O) groups excluding carboxylic acids is 1. The van der Waals surface area contributed by atoms with Crippen LogP contribution in [0.2, 0.25) is 0 Å². The van der Waals surface area contributed by atoms with Crippen LogP contribution in [-0.4, -0.2) is 39.6 Å². The van der Waals surface area contributed by atoms with E-state index in [9.17, 15) is 13.6 Å². The van der Waals surface area contributed by atoms with E-state index in [4.69, 9.17) is 0 Å². The van der Waals surface area contributed by atoms with Crippen molar-refractivity contribution in [2.24, 2.45) is 0 Å². The summed E-state index contributed by atoms with van der Waals surface area (Å²) in [6.07, 6.45) is 1.12. The predicted octanol–water partition coefficient (Wildman–Crippen LogP) is 1.54. The molecule has 0 bridgehead atoms. The van der Waals surface area contributed by atoms with Crippen LogP contribution in [0.25, 0.3) is 10.7 Å². The van der Waals surface area contributed by atoms with Gasteiger partial charge in [-0.3, -0.25) is 20.4 Å². The van der Waals surface area contributed by atoms with Crippen molar-refractivity contribution in [3.8, 4) is 10.7 Å². The van der Waals surface area contributed by atoms with Gasteiger partial charge in [-0.05, 0) is 12.1 Å². The second kappa shape index (κ2) is 5.41. The number of pyridine rings is 1. The highest BCUT2D eigenvalue weighted by atomic mass is 32.1. The molecule has 110 valence electrons. The van der Waals surface area contributed by atoms with E-state index in [1.54, 1.807) is 18.3 Å². The van der Waals surface area contributed by atoms with Crippen molar-refractivity contribution in [1.29, 1.82) is 0 Å². The van der Waals surface area contributed by atoms with Gasteiger partial charge in [-0.15, -0.1) is 10.2 Å². The van der Waals surface area contributed by atoms with Crippen molar-refractivity contribution in [3.63, 3.8) is 0 Å². The van der Waals surface area contributed by atoms with Crippen LogP contribution in [0.1, 0.15) is 6.42 Å². The molecule has 1 saturated heterocycles. The fraction of sp³-hybridized carbons (Fsp3) is 0.333. The van der Waals surface area contributed by atoms with Gasteiger partial charge >= 0.3 is 0 Å². The Labute approximate surface area is 122 Å². The molecule has 2 aromatic rings. The monoisotopic (exact) mass is 311 g/mol. The number of halogens is 2. The van der Waals surface area contributed by atoms with Gasteiger partial charge in [0, 0.05) is 12.6 Å². The number of amides is 1. The number of anilines is 1. The van der Waals surface area contributed by atoms with Crippen LogP contribution in [0.4, 0.5) is 13.9 Å². The lowest BCUT2D eigenvalue weighted by molar-refractivity contribution is -0.118. The van der Waals surface area contributed by atoms with E-state index >= 15 is 0 Å². The van der Waals surface area contributed by atoms with Gasteiger partial charge < -0.3 is 0 Å². The number of alkyl halides is 2. The highest BCUT2D eigenvalue weighted by Gasteiger charge is 2.42. The molecule has 0 saturated carbocycles. The molecule has 0 aliphatic carbocycles. The van der Waals surface area contributed by atoms with Crippen LogP contribution in [0.5, 0.6) is 0 Å². The lowest BCUT2D eigenvalue weighted by Crippen LogP contribution is -2.35. The first-order valence-electron chi connectivity index (χ1n) is 6.20. The van der Waals surface area contributed by atoms with Crippen molar-refractivity contribution in [1.82, 2.24) is 20.5 Å². The zero-order valence-electron chi connectivity index (χ0n) is 10.7. The molecule has 9 heteroatoms. The van der Waals surface area contributed by atoms with Gasteiger partial charge in [0.1, 0.15) is 5.69 Å². The Balaban J connectivity index is 1.66. The van der Waals surface area contributed by atoms with Crippen molar-refractivity contribution >= 4 is 22.4 Å². The number of carbonyl (C=O) groups is 1. The second-order valence-corrected chi connectivity index (χ2v) is 5.59. The quantitative estimate of drug-likeness (QED) is 0.899. The molecule has 0 spiro atoms. The summed E-state index contributed by atoms with van der Waals surface area (Å²) in [5.74, 6) is -3.38. The molecule has 1 aliphatic rings. The summed E-state index contributed by atoms with van der Waals surface area (Å²) < 4.78 is 26.1. The third kappa shape index (κ3) is 3.19. The van der Waals surface area contributed by atoms with Crippen LogP contribution >= 0.6 is 11.3 Å². The summed E-state index contributed by atoms with van der Waals surface area (Å²) in [6.45, 7) is -0.486. The molecule has 1 fully saturated rings. The van der Waals surface area contributed by atoms with Crippen LogP contribution in [0.15, 0.2) is 24.4 Å². The molecule has 3 rings (SSSR count). The van der Waals surface area contributed by atoms with Crippen molar-refractivity contribution in [2.75, 3.05) is 11.9 Å². The summed E-state index contributed by atoms with van der Waals surface area (Å²) in [7, 11) is 0. The van der Waals surface area contributed by atoms with Crippen LogP contribution in [0, 0.1) is 0 Å². The fourth-order valence-electron chi connectivity index (χ4n) is 1.96. The third-order valence-corrected chi connectivity index (χ3v) is 3.83. The maximum atomic E-state index is 13.0. The van der Waals surface area contributed by atoms with Gasteiger partial charge in [0.15, 0.2) is 5.01 Å². The van der Waals surface area contributed by atoms with E-state index in [0.717, 1.165) is 11.3 Å². The standard InChI is InChI=1S/C12H11F2N5OS/c13-12(14)5-8(16-6-12)9(20)17-11-19-18-10(21-11)7-3-1-2-4-15-7/h1-4,8,16H,5-6H2,(H,17,19,20). The first-order valence-corrected chi connectivity index (χ1v) is 7.02. The largest absolute Gasteiger partial charge is 0.300 e. The Hall–Kier alpha value is -2.00. The minimum atomic E-state index is -2.84. The summed E-state index contributed by atoms with van der Waals surface area (Å²) in [5, 5.41) is 13.5. The topological polar surface area (TPSA) is 79.8 Å². The summed E-state index contributed by atoms with van der Waals surface area (Å²) >= 11 is 1.14. The maximum Gasteiger partial charge on any atom is 0.262 e. The average molecular weight is 311 g/mol. The molecule has 2 aromatic heterocycles. The normalized spacial score (nSPS) is 20.4. The van der Waals surface area contributed by atoms with Gasteiger partial charge in [0.25, 0.3) is 5.92 Å².